The molecule has 7 heteroatoms. The fraction of sp³-hybridized carbons (Fsp3) is 0.250. The maximum atomic E-state index is 10.7. The van der Waals surface area contributed by atoms with Crippen molar-refractivity contribution < 1.29 is 9.90 Å². The van der Waals surface area contributed by atoms with E-state index in [-0.39, 0.29) is 5.75 Å². The van der Waals surface area contributed by atoms with E-state index in [4.69, 9.17) is 5.11 Å². The lowest BCUT2D eigenvalue weighted by Gasteiger charge is -2.06. The third kappa shape index (κ3) is 3.36. The van der Waals surface area contributed by atoms with Crippen LogP contribution >= 0.6 is 27.7 Å². The lowest BCUT2D eigenvalue weighted by molar-refractivity contribution is -0.133. The van der Waals surface area contributed by atoms with E-state index in [0.717, 1.165) is 21.2 Å². The fourth-order valence-electron chi connectivity index (χ4n) is 1.64. The van der Waals surface area contributed by atoms with Gasteiger partial charge >= 0.3 is 5.97 Å². The number of fused-ring (bicyclic) bond motifs is 1. The number of nitrogens with zero attached hydrogens (tertiary/aromatic N) is 3. The van der Waals surface area contributed by atoms with Gasteiger partial charge in [-0.15, -0.1) is 0 Å². The number of aryl methyl sites for hydroxylation is 1. The van der Waals surface area contributed by atoms with Gasteiger partial charge < -0.3 is 5.11 Å². The Morgan fingerprint density at radius 2 is 2.37 bits per heavy atom. The molecule has 1 N–H and O–H groups in total. The Morgan fingerprint density at radius 3 is 3.00 bits per heavy atom. The molecule has 5 nitrogen and oxygen atoms in total. The molecule has 0 aliphatic rings. The first kappa shape index (κ1) is 14.1. The molecule has 2 rings (SSSR count). The van der Waals surface area contributed by atoms with E-state index < -0.39 is 5.97 Å². The van der Waals surface area contributed by atoms with Crippen molar-refractivity contribution in [1.29, 1.82) is 0 Å². The number of pyridine rings is 1. The highest BCUT2D eigenvalue weighted by Gasteiger charge is 2.14. The standard InChI is InChI=1S/C12H12BrN3O2S/c1-7-3-9-11(14-4-7)16(5-8(2)13)12(15-9)19-6-10(17)18/h3-4H,2,5-6H2,1H3,(H,17,18). The van der Waals surface area contributed by atoms with Gasteiger partial charge in [-0.25, -0.2) is 9.97 Å². The molecule has 2 heterocycles. The average molecular weight is 342 g/mol. The van der Waals surface area contributed by atoms with Gasteiger partial charge in [0.1, 0.15) is 5.52 Å². The summed E-state index contributed by atoms with van der Waals surface area (Å²) in [4.78, 5) is 19.5. The summed E-state index contributed by atoms with van der Waals surface area (Å²) in [6, 6.07) is 1.93. The van der Waals surface area contributed by atoms with Crippen LogP contribution < -0.4 is 0 Å². The van der Waals surface area contributed by atoms with Crippen molar-refractivity contribution >= 4 is 44.8 Å². The van der Waals surface area contributed by atoms with Crippen LogP contribution in [-0.4, -0.2) is 31.4 Å². The van der Waals surface area contributed by atoms with Crippen LogP contribution in [0, 0.1) is 6.92 Å². The Morgan fingerprint density at radius 1 is 1.63 bits per heavy atom. The van der Waals surface area contributed by atoms with E-state index in [0.29, 0.717) is 11.7 Å². The van der Waals surface area contributed by atoms with Crippen molar-refractivity contribution in [2.75, 3.05) is 5.75 Å². The second-order valence-corrected chi connectivity index (χ2v) is 6.10. The topological polar surface area (TPSA) is 68.0 Å². The Kier molecular flexibility index (Phi) is 4.26. The molecule has 0 radical (unpaired) electrons. The number of carbonyl (C=O) groups is 1. The van der Waals surface area contributed by atoms with Crippen LogP contribution in [0.5, 0.6) is 0 Å². The zero-order valence-corrected chi connectivity index (χ0v) is 12.7. The molecule has 100 valence electrons. The molecule has 0 aliphatic heterocycles. The third-order valence-corrected chi connectivity index (χ3v) is 3.55. The summed E-state index contributed by atoms with van der Waals surface area (Å²) >= 11 is 4.49. The second kappa shape index (κ2) is 5.75. The number of carboxylic acids is 1. The zero-order valence-electron chi connectivity index (χ0n) is 10.3. The van der Waals surface area contributed by atoms with E-state index in [1.54, 1.807) is 6.20 Å². The van der Waals surface area contributed by atoms with Gasteiger partial charge in [-0.05, 0) is 18.6 Å². The molecular formula is C12H12BrN3O2S. The summed E-state index contributed by atoms with van der Waals surface area (Å²) < 4.78 is 2.64. The molecule has 0 amide bonds. The van der Waals surface area contributed by atoms with Crippen molar-refractivity contribution in [2.45, 2.75) is 18.6 Å². The van der Waals surface area contributed by atoms with Gasteiger partial charge in [-0.1, -0.05) is 34.3 Å². The predicted octanol–water partition coefficient (Wildman–Crippen LogP) is 2.83. The monoisotopic (exact) mass is 341 g/mol. The van der Waals surface area contributed by atoms with Gasteiger partial charge in [0, 0.05) is 10.7 Å². The van der Waals surface area contributed by atoms with Gasteiger partial charge in [0.05, 0.1) is 12.3 Å². The van der Waals surface area contributed by atoms with Crippen molar-refractivity contribution in [1.82, 2.24) is 14.5 Å². The third-order valence-electron chi connectivity index (χ3n) is 2.34. The summed E-state index contributed by atoms with van der Waals surface area (Å²) in [6.45, 7) is 6.26. The first-order valence-electron chi connectivity index (χ1n) is 5.48. The van der Waals surface area contributed by atoms with Gasteiger partial charge in [-0.2, -0.15) is 0 Å². The zero-order chi connectivity index (χ0) is 14.0. The largest absolute Gasteiger partial charge is 0.481 e. The molecule has 0 spiro atoms. The van der Waals surface area contributed by atoms with Crippen LogP contribution in [0.15, 0.2) is 28.5 Å². The molecule has 0 aromatic carbocycles. The smallest absolute Gasteiger partial charge is 0.313 e. The maximum Gasteiger partial charge on any atom is 0.313 e. The molecule has 0 unspecified atom stereocenters. The number of hydrogen-bond donors (Lipinski definition) is 1. The maximum absolute atomic E-state index is 10.7. The molecular weight excluding hydrogens is 330 g/mol. The highest BCUT2D eigenvalue weighted by atomic mass is 79.9. The molecule has 2 aromatic rings. The van der Waals surface area contributed by atoms with E-state index in [1.165, 1.54) is 11.8 Å². The van der Waals surface area contributed by atoms with Crippen molar-refractivity contribution in [3.05, 3.63) is 28.9 Å². The van der Waals surface area contributed by atoms with Gasteiger partial charge in [-0.3, -0.25) is 9.36 Å². The molecule has 0 saturated carbocycles. The number of aromatic nitrogens is 3. The number of hydrogen-bond acceptors (Lipinski definition) is 4. The fourth-order valence-corrected chi connectivity index (χ4v) is 2.61. The minimum Gasteiger partial charge on any atom is -0.481 e. The van der Waals surface area contributed by atoms with Crippen LogP contribution in [0.25, 0.3) is 11.2 Å². The Balaban J connectivity index is 2.47. The predicted molar refractivity (Wildman–Crippen MR) is 78.7 cm³/mol. The highest BCUT2D eigenvalue weighted by Crippen LogP contribution is 2.25. The lowest BCUT2D eigenvalue weighted by atomic mass is 10.3. The number of imidazole rings is 1. The van der Waals surface area contributed by atoms with E-state index >= 15 is 0 Å². The van der Waals surface area contributed by atoms with Crippen molar-refractivity contribution in [3.8, 4) is 0 Å². The highest BCUT2D eigenvalue weighted by molar-refractivity contribution is 9.11. The van der Waals surface area contributed by atoms with Crippen LogP contribution in [0.4, 0.5) is 0 Å². The molecule has 19 heavy (non-hydrogen) atoms. The number of allylic oxidation sites excluding steroid dienone is 1. The van der Waals surface area contributed by atoms with E-state index in [2.05, 4.69) is 32.5 Å². The molecule has 0 atom stereocenters. The van der Waals surface area contributed by atoms with Crippen LogP contribution in [0.3, 0.4) is 0 Å². The number of aliphatic carboxylic acids is 1. The Bertz CT molecular complexity index is 654. The summed E-state index contributed by atoms with van der Waals surface area (Å²) in [5, 5.41) is 9.40. The molecule has 0 saturated heterocycles. The lowest BCUT2D eigenvalue weighted by Crippen LogP contribution is -2.04. The van der Waals surface area contributed by atoms with Gasteiger partial charge in [0.2, 0.25) is 0 Å². The molecule has 2 aromatic heterocycles. The van der Waals surface area contributed by atoms with Crippen LogP contribution in [0.1, 0.15) is 5.56 Å². The summed E-state index contributed by atoms with van der Waals surface area (Å²) in [5.41, 5.74) is 2.52. The number of halogens is 1. The first-order chi connectivity index (χ1) is 8.97. The normalized spacial score (nSPS) is 10.8. The van der Waals surface area contributed by atoms with Crippen molar-refractivity contribution in [2.24, 2.45) is 0 Å². The minimum absolute atomic E-state index is 0.0307. The van der Waals surface area contributed by atoms with Crippen molar-refractivity contribution in [3.63, 3.8) is 0 Å². The number of carboxylic acid groups (broad SMARTS) is 1. The van der Waals surface area contributed by atoms with Crippen LogP contribution in [0.2, 0.25) is 0 Å². The van der Waals surface area contributed by atoms with Crippen LogP contribution in [-0.2, 0) is 11.3 Å². The SMILES string of the molecule is C=C(Br)Cn1c(SCC(=O)O)nc2cc(C)cnc21. The average Bonchev–Trinajstić information content (AvgIpc) is 2.63. The number of rotatable bonds is 5. The molecule has 0 aliphatic carbocycles. The van der Waals surface area contributed by atoms with Gasteiger partial charge in [0.15, 0.2) is 10.8 Å². The molecule has 0 fully saturated rings. The second-order valence-electron chi connectivity index (χ2n) is 4.04. The number of thioether (sulfide) groups is 1. The first-order valence-corrected chi connectivity index (χ1v) is 7.26. The summed E-state index contributed by atoms with van der Waals surface area (Å²) in [6.07, 6.45) is 1.77. The summed E-state index contributed by atoms with van der Waals surface area (Å²) in [7, 11) is 0. The Hall–Kier alpha value is -1.34. The van der Waals surface area contributed by atoms with E-state index in [1.807, 2.05) is 17.6 Å². The molecule has 0 bridgehead atoms. The quantitative estimate of drug-likeness (QED) is 0.847. The Labute approximate surface area is 122 Å². The van der Waals surface area contributed by atoms with Gasteiger partial charge in [0.25, 0.3) is 0 Å². The minimum atomic E-state index is -0.870. The summed E-state index contributed by atoms with van der Waals surface area (Å²) in [5.74, 6) is -0.901. The van der Waals surface area contributed by atoms with E-state index in [9.17, 15) is 4.79 Å².